The first-order chi connectivity index (χ1) is 10.2. The molecule has 0 bridgehead atoms. The molecule has 0 atom stereocenters. The highest BCUT2D eigenvalue weighted by Crippen LogP contribution is 2.28. The molecule has 0 spiro atoms. The molecule has 2 rings (SSSR count). The highest BCUT2D eigenvalue weighted by Gasteiger charge is 2.24. The molecule has 0 saturated heterocycles. The quantitative estimate of drug-likeness (QED) is 0.783. The van der Waals surface area contributed by atoms with Crippen molar-refractivity contribution in [3.8, 4) is 0 Å². The molecule has 0 amide bonds. The van der Waals surface area contributed by atoms with Crippen LogP contribution in [0.5, 0.6) is 0 Å². The van der Waals surface area contributed by atoms with E-state index in [-0.39, 0.29) is 0 Å². The third-order valence-electron chi connectivity index (χ3n) is 4.18. The largest absolute Gasteiger partial charge is 0.354 e. The summed E-state index contributed by atoms with van der Waals surface area (Å²) < 4.78 is 0. The summed E-state index contributed by atoms with van der Waals surface area (Å²) in [6.45, 7) is 8.78. The Balaban J connectivity index is 2.10. The fourth-order valence-electron chi connectivity index (χ4n) is 2.93. The molecule has 0 aromatic carbocycles. The number of anilines is 2. The summed E-state index contributed by atoms with van der Waals surface area (Å²) >= 11 is 0. The number of nitrogens with zero attached hydrogens (tertiary/aromatic N) is 3. The lowest BCUT2D eigenvalue weighted by Crippen LogP contribution is -2.35. The molecular weight excluding hydrogens is 260 g/mol. The van der Waals surface area contributed by atoms with Gasteiger partial charge < -0.3 is 10.2 Å². The van der Waals surface area contributed by atoms with Crippen LogP contribution in [0, 0.1) is 5.92 Å². The Bertz CT molecular complexity index is 413. The zero-order valence-corrected chi connectivity index (χ0v) is 13.8. The Hall–Kier alpha value is -1.32. The molecule has 0 aliphatic heterocycles. The minimum Gasteiger partial charge on any atom is -0.354 e. The van der Waals surface area contributed by atoms with E-state index >= 15 is 0 Å². The molecule has 4 heteroatoms. The van der Waals surface area contributed by atoms with Crippen LogP contribution in [0.25, 0.3) is 0 Å². The van der Waals surface area contributed by atoms with Gasteiger partial charge in [-0.15, -0.1) is 0 Å². The van der Waals surface area contributed by atoms with Crippen LogP contribution in [-0.4, -0.2) is 29.1 Å². The van der Waals surface area contributed by atoms with Crippen molar-refractivity contribution in [2.75, 3.05) is 23.3 Å². The van der Waals surface area contributed by atoms with Crippen molar-refractivity contribution in [2.24, 2.45) is 5.92 Å². The zero-order valence-electron chi connectivity index (χ0n) is 13.8. The van der Waals surface area contributed by atoms with E-state index in [0.29, 0.717) is 6.04 Å². The highest BCUT2D eigenvalue weighted by molar-refractivity contribution is 5.43. The smallest absolute Gasteiger partial charge is 0.224 e. The lowest BCUT2D eigenvalue weighted by molar-refractivity contribution is 0.525. The summed E-state index contributed by atoms with van der Waals surface area (Å²) in [5, 5.41) is 3.30. The highest BCUT2D eigenvalue weighted by atomic mass is 15.2. The lowest BCUT2D eigenvalue weighted by atomic mass is 10.1. The minimum absolute atomic E-state index is 0.665. The van der Waals surface area contributed by atoms with Crippen molar-refractivity contribution in [3.63, 3.8) is 0 Å². The topological polar surface area (TPSA) is 41.1 Å². The molecule has 1 N–H and O–H groups in total. The van der Waals surface area contributed by atoms with Crippen LogP contribution < -0.4 is 10.2 Å². The molecule has 4 nitrogen and oxygen atoms in total. The van der Waals surface area contributed by atoms with Gasteiger partial charge in [0.1, 0.15) is 5.82 Å². The summed E-state index contributed by atoms with van der Waals surface area (Å²) in [4.78, 5) is 11.6. The second-order valence-electron chi connectivity index (χ2n) is 6.48. The molecule has 1 heterocycles. The van der Waals surface area contributed by atoms with E-state index in [0.717, 1.165) is 37.2 Å². The van der Waals surface area contributed by atoms with Crippen molar-refractivity contribution in [1.29, 1.82) is 0 Å². The van der Waals surface area contributed by atoms with Crippen molar-refractivity contribution in [1.82, 2.24) is 9.97 Å². The number of nitrogens with one attached hydrogen (secondary N) is 1. The first-order valence-electron chi connectivity index (χ1n) is 8.54. The monoisotopic (exact) mass is 290 g/mol. The van der Waals surface area contributed by atoms with E-state index in [9.17, 15) is 0 Å². The maximum atomic E-state index is 4.74. The van der Waals surface area contributed by atoms with Gasteiger partial charge in [0, 0.05) is 25.3 Å². The summed E-state index contributed by atoms with van der Waals surface area (Å²) in [5.74, 6) is 2.59. The standard InChI is InChI=1S/C17H30N4/c1-4-11-18-17-19-12-9-16(20-17)21(13-10-14(2)3)15-7-5-6-8-15/h9,12,14-15H,4-8,10-11,13H2,1-3H3,(H,18,19,20). The van der Waals surface area contributed by atoms with Gasteiger partial charge in [-0.25, -0.2) is 4.98 Å². The average molecular weight is 290 g/mol. The third kappa shape index (κ3) is 4.87. The SMILES string of the molecule is CCCNc1nccc(N(CCC(C)C)C2CCCC2)n1. The second-order valence-corrected chi connectivity index (χ2v) is 6.48. The van der Waals surface area contributed by atoms with E-state index in [4.69, 9.17) is 4.98 Å². The van der Waals surface area contributed by atoms with Crippen LogP contribution in [0.4, 0.5) is 11.8 Å². The van der Waals surface area contributed by atoms with Crippen LogP contribution in [0.15, 0.2) is 12.3 Å². The summed E-state index contributed by atoms with van der Waals surface area (Å²) in [5.41, 5.74) is 0. The van der Waals surface area contributed by atoms with Gasteiger partial charge in [0.05, 0.1) is 0 Å². The van der Waals surface area contributed by atoms with E-state index in [1.54, 1.807) is 0 Å². The van der Waals surface area contributed by atoms with Crippen molar-refractivity contribution < 1.29 is 0 Å². The molecule has 1 aliphatic carbocycles. The molecule has 21 heavy (non-hydrogen) atoms. The van der Waals surface area contributed by atoms with E-state index in [1.807, 2.05) is 6.20 Å². The summed E-state index contributed by atoms with van der Waals surface area (Å²) in [6.07, 6.45) is 9.52. The third-order valence-corrected chi connectivity index (χ3v) is 4.18. The van der Waals surface area contributed by atoms with Crippen LogP contribution >= 0.6 is 0 Å². The number of hydrogen-bond acceptors (Lipinski definition) is 4. The molecule has 118 valence electrons. The van der Waals surface area contributed by atoms with E-state index in [2.05, 4.69) is 42.0 Å². The lowest BCUT2D eigenvalue weighted by Gasteiger charge is -2.31. The number of hydrogen-bond donors (Lipinski definition) is 1. The maximum Gasteiger partial charge on any atom is 0.224 e. The Kier molecular flexibility index (Phi) is 6.27. The van der Waals surface area contributed by atoms with Crippen LogP contribution in [0.1, 0.15) is 59.3 Å². The molecule has 0 radical (unpaired) electrons. The van der Waals surface area contributed by atoms with Gasteiger partial charge in [-0.05, 0) is 37.7 Å². The van der Waals surface area contributed by atoms with Gasteiger partial charge >= 0.3 is 0 Å². The molecule has 1 saturated carbocycles. The Morgan fingerprint density at radius 3 is 2.76 bits per heavy atom. The van der Waals surface area contributed by atoms with Crippen LogP contribution in [-0.2, 0) is 0 Å². The molecule has 0 unspecified atom stereocenters. The van der Waals surface area contributed by atoms with Crippen LogP contribution in [0.3, 0.4) is 0 Å². The molecule has 1 aromatic heterocycles. The second kappa shape index (κ2) is 8.20. The van der Waals surface area contributed by atoms with Crippen LogP contribution in [0.2, 0.25) is 0 Å². The van der Waals surface area contributed by atoms with Gasteiger partial charge in [-0.1, -0.05) is 33.6 Å². The Labute approximate surface area is 129 Å². The fraction of sp³-hybridized carbons (Fsp3) is 0.765. The summed E-state index contributed by atoms with van der Waals surface area (Å²) in [6, 6.07) is 2.73. The van der Waals surface area contributed by atoms with Crippen molar-refractivity contribution in [2.45, 2.75) is 65.3 Å². The van der Waals surface area contributed by atoms with E-state index < -0.39 is 0 Å². The van der Waals surface area contributed by atoms with Gasteiger partial charge in [-0.3, -0.25) is 0 Å². The average Bonchev–Trinajstić information content (AvgIpc) is 2.99. The Morgan fingerprint density at radius 2 is 2.10 bits per heavy atom. The zero-order chi connectivity index (χ0) is 15.1. The predicted octanol–water partition coefficient (Wildman–Crippen LogP) is 4.09. The molecular formula is C17H30N4. The first kappa shape index (κ1) is 16.1. The minimum atomic E-state index is 0.665. The molecule has 1 aromatic rings. The normalized spacial score (nSPS) is 15.6. The van der Waals surface area contributed by atoms with Crippen molar-refractivity contribution in [3.05, 3.63) is 12.3 Å². The molecule has 1 aliphatic rings. The van der Waals surface area contributed by atoms with Gasteiger partial charge in [0.2, 0.25) is 5.95 Å². The molecule has 1 fully saturated rings. The van der Waals surface area contributed by atoms with Gasteiger partial charge in [0.25, 0.3) is 0 Å². The first-order valence-corrected chi connectivity index (χ1v) is 8.54. The van der Waals surface area contributed by atoms with Gasteiger partial charge in [0.15, 0.2) is 0 Å². The van der Waals surface area contributed by atoms with Crippen molar-refractivity contribution >= 4 is 11.8 Å². The predicted molar refractivity (Wildman–Crippen MR) is 89.9 cm³/mol. The number of rotatable bonds is 8. The summed E-state index contributed by atoms with van der Waals surface area (Å²) in [7, 11) is 0. The van der Waals surface area contributed by atoms with E-state index in [1.165, 1.54) is 32.1 Å². The fourth-order valence-corrected chi connectivity index (χ4v) is 2.93. The van der Waals surface area contributed by atoms with Gasteiger partial charge in [-0.2, -0.15) is 4.98 Å². The Morgan fingerprint density at radius 1 is 1.33 bits per heavy atom. The maximum absolute atomic E-state index is 4.74. The number of aromatic nitrogens is 2.